The minimum Gasteiger partial charge on any atom is -0.284 e. The van der Waals surface area contributed by atoms with E-state index in [4.69, 9.17) is 5.10 Å². The molecule has 0 bridgehead atoms. The zero-order valence-corrected chi connectivity index (χ0v) is 20.6. The molecule has 1 atom stereocenters. The first-order chi connectivity index (χ1) is 15.5. The molecule has 3 rings (SSSR count). The molecule has 10 nitrogen and oxygen atoms in total. The van der Waals surface area contributed by atoms with Crippen LogP contribution in [0.25, 0.3) is 0 Å². The van der Waals surface area contributed by atoms with Crippen LogP contribution in [0, 0.1) is 0 Å². The maximum atomic E-state index is 12.5. The average molecular weight is 493 g/mol. The summed E-state index contributed by atoms with van der Waals surface area (Å²) in [5.41, 5.74) is 2.96. The molecule has 0 aliphatic carbocycles. The first kappa shape index (κ1) is 24.7. The van der Waals surface area contributed by atoms with E-state index in [9.17, 15) is 16.8 Å². The van der Waals surface area contributed by atoms with E-state index >= 15 is 0 Å². The van der Waals surface area contributed by atoms with Crippen molar-refractivity contribution < 1.29 is 16.8 Å². The highest BCUT2D eigenvalue weighted by Gasteiger charge is 2.33. The molecule has 1 heterocycles. The predicted molar refractivity (Wildman–Crippen MR) is 131 cm³/mol. The predicted octanol–water partition coefficient (Wildman–Crippen LogP) is 1.63. The van der Waals surface area contributed by atoms with Gasteiger partial charge in [0.1, 0.15) is 0 Å². The number of rotatable bonds is 7. The molecule has 178 valence electrons. The third kappa shape index (κ3) is 6.09. The van der Waals surface area contributed by atoms with Crippen molar-refractivity contribution in [1.29, 1.82) is 0 Å². The number of nitrogens with zero attached hydrogens (tertiary/aromatic N) is 4. The number of guanidine groups is 1. The first-order valence-corrected chi connectivity index (χ1v) is 13.6. The second kappa shape index (κ2) is 9.89. The molecule has 0 radical (unpaired) electrons. The summed E-state index contributed by atoms with van der Waals surface area (Å²) < 4.78 is 54.2. The summed E-state index contributed by atoms with van der Waals surface area (Å²) in [4.78, 5) is 4.12. The zero-order chi connectivity index (χ0) is 24.2. The fourth-order valence-electron chi connectivity index (χ4n) is 3.34. The number of hydrogen-bond donors (Lipinski definition) is 2. The number of sulfonamides is 1. The van der Waals surface area contributed by atoms with Crippen LogP contribution in [0.2, 0.25) is 0 Å². The molecule has 1 aliphatic rings. The van der Waals surface area contributed by atoms with Gasteiger partial charge in [-0.15, -0.1) is 0 Å². The molecule has 1 aliphatic heterocycles. The number of nitrogens with one attached hydrogen (secondary N) is 2. The zero-order valence-electron chi connectivity index (χ0n) is 18.9. The maximum absolute atomic E-state index is 12.5. The van der Waals surface area contributed by atoms with Crippen LogP contribution in [0.5, 0.6) is 0 Å². The van der Waals surface area contributed by atoms with Crippen LogP contribution in [-0.2, 0) is 20.2 Å². The average Bonchev–Trinajstić information content (AvgIpc) is 3.22. The Morgan fingerprint density at radius 3 is 2.30 bits per heavy atom. The van der Waals surface area contributed by atoms with Gasteiger partial charge in [-0.3, -0.25) is 9.71 Å². The third-order valence-corrected chi connectivity index (χ3v) is 7.26. The van der Waals surface area contributed by atoms with Crippen molar-refractivity contribution in [2.24, 2.45) is 10.1 Å². The van der Waals surface area contributed by atoms with E-state index in [1.807, 2.05) is 30.3 Å². The van der Waals surface area contributed by atoms with Gasteiger partial charge in [0.15, 0.2) is 0 Å². The molecule has 0 saturated carbocycles. The summed E-state index contributed by atoms with van der Waals surface area (Å²) in [6.45, 7) is 2.43. The Labute approximate surface area is 195 Å². The molecule has 0 amide bonds. The lowest BCUT2D eigenvalue weighted by Gasteiger charge is -2.22. The monoisotopic (exact) mass is 492 g/mol. The van der Waals surface area contributed by atoms with Gasteiger partial charge in [0, 0.05) is 32.2 Å². The van der Waals surface area contributed by atoms with Crippen molar-refractivity contribution in [2.75, 3.05) is 38.2 Å². The lowest BCUT2D eigenvalue weighted by atomic mass is 9.90. The standard InChI is InChI=1S/C21H28N6O4S2/c1-5-26(3)33(30,31)25-21(22-2)27-15-19(16-9-7-6-8-10-16)20(23-27)17-11-13-18(14-12-17)24-32(4,28)29/h6-14,19,24H,5,15H2,1-4H3,(H,22,25). The lowest BCUT2D eigenvalue weighted by Crippen LogP contribution is -2.46. The van der Waals surface area contributed by atoms with Gasteiger partial charge in [-0.2, -0.15) is 17.8 Å². The van der Waals surface area contributed by atoms with E-state index in [0.29, 0.717) is 18.8 Å². The number of anilines is 1. The SMILES string of the molecule is CCN(C)S(=O)(=O)NC(=NC)N1CC(c2ccccc2)C(c2ccc(NS(C)(=O)=O)cc2)=N1. The van der Waals surface area contributed by atoms with E-state index in [1.54, 1.807) is 31.2 Å². The molecule has 2 aromatic carbocycles. The minimum absolute atomic E-state index is 0.113. The van der Waals surface area contributed by atoms with Crippen LogP contribution < -0.4 is 9.44 Å². The summed E-state index contributed by atoms with van der Waals surface area (Å²) in [6.07, 6.45) is 1.09. The Hall–Kier alpha value is -2.96. The number of aliphatic imine (C=N–C) groups is 1. The molecule has 2 N–H and O–H groups in total. The van der Waals surface area contributed by atoms with Gasteiger partial charge >= 0.3 is 10.2 Å². The summed E-state index contributed by atoms with van der Waals surface area (Å²) >= 11 is 0. The highest BCUT2D eigenvalue weighted by Crippen LogP contribution is 2.29. The number of benzene rings is 2. The Morgan fingerprint density at radius 1 is 1.12 bits per heavy atom. The van der Waals surface area contributed by atoms with E-state index in [1.165, 1.54) is 23.4 Å². The minimum atomic E-state index is -3.77. The van der Waals surface area contributed by atoms with E-state index in [2.05, 4.69) is 14.4 Å². The number of hydrazone groups is 1. The molecule has 12 heteroatoms. The second-order valence-electron chi connectivity index (χ2n) is 7.55. The molecular weight excluding hydrogens is 464 g/mol. The molecule has 0 saturated heterocycles. The molecular formula is C21H28N6O4S2. The van der Waals surface area contributed by atoms with Crippen LogP contribution in [0.1, 0.15) is 24.0 Å². The third-order valence-electron chi connectivity index (χ3n) is 5.13. The first-order valence-electron chi connectivity index (χ1n) is 10.2. The number of hydrogen-bond acceptors (Lipinski definition) is 6. The van der Waals surface area contributed by atoms with Gasteiger partial charge in [-0.05, 0) is 23.3 Å². The Kier molecular flexibility index (Phi) is 7.40. The van der Waals surface area contributed by atoms with Crippen molar-refractivity contribution in [3.05, 3.63) is 65.7 Å². The van der Waals surface area contributed by atoms with Gasteiger partial charge in [0.05, 0.1) is 18.5 Å². The summed E-state index contributed by atoms with van der Waals surface area (Å²) in [5.74, 6) is -0.0355. The largest absolute Gasteiger partial charge is 0.303 e. The summed E-state index contributed by atoms with van der Waals surface area (Å²) in [5, 5.41) is 6.23. The van der Waals surface area contributed by atoms with Crippen molar-refractivity contribution >= 4 is 37.6 Å². The van der Waals surface area contributed by atoms with Crippen molar-refractivity contribution in [3.63, 3.8) is 0 Å². The molecule has 1 unspecified atom stereocenters. The van der Waals surface area contributed by atoms with Crippen LogP contribution in [0.3, 0.4) is 0 Å². The molecule has 0 spiro atoms. The smallest absolute Gasteiger partial charge is 0.284 e. The van der Waals surface area contributed by atoms with Crippen LogP contribution in [-0.4, -0.2) is 71.3 Å². The Balaban J connectivity index is 1.96. The van der Waals surface area contributed by atoms with E-state index in [-0.39, 0.29) is 11.9 Å². The molecule has 2 aromatic rings. The molecule has 0 aromatic heterocycles. The van der Waals surface area contributed by atoms with Gasteiger partial charge in [-0.25, -0.2) is 18.1 Å². The highest BCUT2D eigenvalue weighted by atomic mass is 32.2. The van der Waals surface area contributed by atoms with Gasteiger partial charge in [0.2, 0.25) is 16.0 Å². The van der Waals surface area contributed by atoms with Crippen LogP contribution in [0.4, 0.5) is 5.69 Å². The molecule has 0 fully saturated rings. The van der Waals surface area contributed by atoms with E-state index in [0.717, 1.165) is 23.1 Å². The summed E-state index contributed by atoms with van der Waals surface area (Å²) in [7, 11) is -4.18. The summed E-state index contributed by atoms with van der Waals surface area (Å²) in [6, 6.07) is 16.7. The topological polar surface area (TPSA) is 124 Å². The quantitative estimate of drug-likeness (QED) is 0.449. The normalized spacial score (nSPS) is 17.2. The second-order valence-corrected chi connectivity index (χ2v) is 11.1. The molecule has 33 heavy (non-hydrogen) atoms. The van der Waals surface area contributed by atoms with Crippen LogP contribution >= 0.6 is 0 Å². The lowest BCUT2D eigenvalue weighted by molar-refractivity contribution is 0.450. The van der Waals surface area contributed by atoms with Gasteiger partial charge < -0.3 is 0 Å². The Morgan fingerprint density at radius 2 is 1.76 bits per heavy atom. The Bertz CT molecular complexity index is 1240. The maximum Gasteiger partial charge on any atom is 0.303 e. The van der Waals surface area contributed by atoms with E-state index < -0.39 is 20.2 Å². The van der Waals surface area contributed by atoms with Gasteiger partial charge in [0.25, 0.3) is 0 Å². The van der Waals surface area contributed by atoms with Crippen molar-refractivity contribution in [3.8, 4) is 0 Å². The van der Waals surface area contributed by atoms with Crippen molar-refractivity contribution in [1.82, 2.24) is 14.0 Å². The van der Waals surface area contributed by atoms with Crippen molar-refractivity contribution in [2.45, 2.75) is 12.8 Å². The van der Waals surface area contributed by atoms with Gasteiger partial charge in [-0.1, -0.05) is 49.4 Å². The highest BCUT2D eigenvalue weighted by molar-refractivity contribution is 7.92. The van der Waals surface area contributed by atoms with Crippen LogP contribution in [0.15, 0.2) is 64.7 Å². The fourth-order valence-corrected chi connectivity index (χ4v) is 4.83. The fraction of sp³-hybridized carbons (Fsp3) is 0.333.